The zero-order valence-electron chi connectivity index (χ0n) is 14.6. The van der Waals surface area contributed by atoms with Crippen LogP contribution in [0.2, 0.25) is 0 Å². The lowest BCUT2D eigenvalue weighted by atomic mass is 10.1. The Morgan fingerprint density at radius 1 is 1.38 bits per heavy atom. The van der Waals surface area contributed by atoms with Crippen LogP contribution in [0.5, 0.6) is 0 Å². The highest BCUT2D eigenvalue weighted by Gasteiger charge is 2.20. The maximum absolute atomic E-state index is 8.95. The molecule has 0 aromatic carbocycles. The first-order chi connectivity index (χ1) is 10.1. The minimum Gasteiger partial charge on any atom is -0.296 e. The van der Waals surface area contributed by atoms with Crippen molar-refractivity contribution in [1.82, 2.24) is 9.88 Å². The molecule has 3 heteroatoms. The van der Waals surface area contributed by atoms with Crippen LogP contribution in [0.4, 0.5) is 0 Å². The van der Waals surface area contributed by atoms with Gasteiger partial charge in [0.2, 0.25) is 0 Å². The quantitative estimate of drug-likeness (QED) is 0.793. The van der Waals surface area contributed by atoms with E-state index >= 15 is 0 Å². The van der Waals surface area contributed by atoms with Crippen molar-refractivity contribution >= 4 is 0 Å². The van der Waals surface area contributed by atoms with Gasteiger partial charge in [-0.3, -0.25) is 9.88 Å². The Morgan fingerprint density at radius 2 is 2.00 bits per heavy atom. The van der Waals surface area contributed by atoms with Gasteiger partial charge in [0.25, 0.3) is 0 Å². The van der Waals surface area contributed by atoms with Gasteiger partial charge in [-0.05, 0) is 44.9 Å². The Kier molecular flexibility index (Phi) is 10.5. The molecule has 21 heavy (non-hydrogen) atoms. The summed E-state index contributed by atoms with van der Waals surface area (Å²) in [4.78, 5) is 6.72. The Hall–Kier alpha value is -1.40. The largest absolute Gasteiger partial charge is 0.296 e. The van der Waals surface area contributed by atoms with E-state index in [2.05, 4.69) is 36.7 Å². The van der Waals surface area contributed by atoms with E-state index in [4.69, 9.17) is 5.26 Å². The Labute approximate surface area is 131 Å². The number of pyridine rings is 1. The zero-order valence-corrected chi connectivity index (χ0v) is 14.6. The molecule has 0 amide bonds. The van der Waals surface area contributed by atoms with Gasteiger partial charge < -0.3 is 0 Å². The molecule has 2 heterocycles. The monoisotopic (exact) mass is 289 g/mol. The van der Waals surface area contributed by atoms with Crippen LogP contribution in [-0.4, -0.2) is 22.5 Å². The Balaban J connectivity index is 0.000000713. The van der Waals surface area contributed by atoms with Crippen molar-refractivity contribution in [2.24, 2.45) is 0 Å². The summed E-state index contributed by atoms with van der Waals surface area (Å²) in [5, 5.41) is 8.95. The smallest absolute Gasteiger partial charge is 0.101 e. The highest BCUT2D eigenvalue weighted by Crippen LogP contribution is 2.19. The maximum Gasteiger partial charge on any atom is 0.101 e. The van der Waals surface area contributed by atoms with Gasteiger partial charge in [0.1, 0.15) is 6.07 Å². The van der Waals surface area contributed by atoms with Crippen LogP contribution in [0.25, 0.3) is 0 Å². The third-order valence-electron chi connectivity index (χ3n) is 3.34. The summed E-state index contributed by atoms with van der Waals surface area (Å²) in [6, 6.07) is 4.82. The standard InChI is InChI=1S/C13H17N3.C3H8.C2H6/c1-10-4-3-5-16(10)9-12-6-13(7-14)11(2)15-8-12;1-3-2;1-2/h6,8,10H,3-5,9H2,1-2H3;3H2,1-2H3;1-2H3. The molecule has 1 fully saturated rings. The van der Waals surface area contributed by atoms with E-state index in [1.54, 1.807) is 0 Å². The molecule has 1 aliphatic heterocycles. The summed E-state index contributed by atoms with van der Waals surface area (Å²) >= 11 is 0. The number of nitrogens with zero attached hydrogens (tertiary/aromatic N) is 3. The Bertz CT molecular complexity index is 435. The minimum atomic E-state index is 0.659. The molecule has 0 radical (unpaired) electrons. The van der Waals surface area contributed by atoms with Crippen molar-refractivity contribution in [1.29, 1.82) is 5.26 Å². The van der Waals surface area contributed by atoms with E-state index in [1.165, 1.54) is 19.3 Å². The third kappa shape index (κ3) is 6.73. The van der Waals surface area contributed by atoms with Gasteiger partial charge >= 0.3 is 0 Å². The van der Waals surface area contributed by atoms with Crippen LogP contribution >= 0.6 is 0 Å². The molecule has 118 valence electrons. The van der Waals surface area contributed by atoms with Gasteiger partial charge in [-0.1, -0.05) is 34.1 Å². The number of aryl methyl sites for hydroxylation is 1. The van der Waals surface area contributed by atoms with Crippen molar-refractivity contribution in [3.63, 3.8) is 0 Å². The predicted molar refractivity (Wildman–Crippen MR) is 90.1 cm³/mol. The van der Waals surface area contributed by atoms with E-state index in [1.807, 2.05) is 33.0 Å². The molecule has 3 nitrogen and oxygen atoms in total. The molecule has 2 rings (SSSR count). The number of aromatic nitrogens is 1. The van der Waals surface area contributed by atoms with E-state index in [9.17, 15) is 0 Å². The molecule has 1 atom stereocenters. The molecule has 0 saturated carbocycles. The molecule has 1 aliphatic rings. The maximum atomic E-state index is 8.95. The summed E-state index contributed by atoms with van der Waals surface area (Å²) in [5.74, 6) is 0. The number of hydrogen-bond acceptors (Lipinski definition) is 3. The van der Waals surface area contributed by atoms with Crippen molar-refractivity contribution in [3.05, 3.63) is 29.1 Å². The van der Waals surface area contributed by atoms with Crippen molar-refractivity contribution in [2.45, 2.75) is 73.4 Å². The van der Waals surface area contributed by atoms with Crippen LogP contribution < -0.4 is 0 Å². The highest BCUT2D eigenvalue weighted by atomic mass is 15.2. The number of hydrogen-bond donors (Lipinski definition) is 0. The van der Waals surface area contributed by atoms with Gasteiger partial charge in [0, 0.05) is 18.8 Å². The fourth-order valence-electron chi connectivity index (χ4n) is 2.24. The summed E-state index contributed by atoms with van der Waals surface area (Å²) in [5.41, 5.74) is 2.67. The van der Waals surface area contributed by atoms with E-state index in [0.29, 0.717) is 11.6 Å². The molecule has 0 bridgehead atoms. The fourth-order valence-corrected chi connectivity index (χ4v) is 2.24. The second-order valence-corrected chi connectivity index (χ2v) is 5.26. The molecule has 0 N–H and O–H groups in total. The topological polar surface area (TPSA) is 39.9 Å². The molecule has 0 spiro atoms. The van der Waals surface area contributed by atoms with E-state index < -0.39 is 0 Å². The SMILES string of the molecule is CC.CCC.Cc1ncc(CN2CCCC2C)cc1C#N. The van der Waals surface area contributed by atoms with Crippen molar-refractivity contribution < 1.29 is 0 Å². The zero-order chi connectivity index (χ0) is 16.3. The Morgan fingerprint density at radius 3 is 2.48 bits per heavy atom. The second-order valence-electron chi connectivity index (χ2n) is 5.26. The van der Waals surface area contributed by atoms with Crippen molar-refractivity contribution in [2.75, 3.05) is 6.54 Å². The summed E-state index contributed by atoms with van der Waals surface area (Å²) in [6.07, 6.45) is 5.71. The number of nitriles is 1. The van der Waals surface area contributed by atoms with Crippen LogP contribution in [-0.2, 0) is 6.54 Å². The van der Waals surface area contributed by atoms with Crippen molar-refractivity contribution in [3.8, 4) is 6.07 Å². The first kappa shape index (κ1) is 19.6. The lowest BCUT2D eigenvalue weighted by Gasteiger charge is -2.20. The summed E-state index contributed by atoms with van der Waals surface area (Å²) in [7, 11) is 0. The number of likely N-dealkylation sites (tertiary alicyclic amines) is 1. The normalized spacial score (nSPS) is 17.1. The van der Waals surface area contributed by atoms with Gasteiger partial charge in [0.15, 0.2) is 0 Å². The van der Waals surface area contributed by atoms with Gasteiger partial charge in [-0.15, -0.1) is 0 Å². The first-order valence-corrected chi connectivity index (χ1v) is 8.22. The summed E-state index contributed by atoms with van der Waals surface area (Å²) < 4.78 is 0. The molecule has 1 unspecified atom stereocenters. The molecular formula is C18H31N3. The summed E-state index contributed by atoms with van der Waals surface area (Å²) in [6.45, 7) is 14.5. The second kappa shape index (κ2) is 11.3. The van der Waals surface area contributed by atoms with Crippen LogP contribution in [0.3, 0.4) is 0 Å². The average Bonchev–Trinajstić information content (AvgIpc) is 2.89. The molecule has 1 saturated heterocycles. The minimum absolute atomic E-state index is 0.659. The van der Waals surface area contributed by atoms with Gasteiger partial charge in [-0.25, -0.2) is 0 Å². The fraction of sp³-hybridized carbons (Fsp3) is 0.667. The average molecular weight is 289 g/mol. The number of rotatable bonds is 2. The van der Waals surface area contributed by atoms with Crippen LogP contribution in [0, 0.1) is 18.3 Å². The molecular weight excluding hydrogens is 258 g/mol. The van der Waals surface area contributed by atoms with E-state index in [0.717, 1.165) is 24.3 Å². The molecule has 1 aromatic rings. The van der Waals surface area contributed by atoms with Gasteiger partial charge in [0.05, 0.1) is 11.3 Å². The van der Waals surface area contributed by atoms with Crippen LogP contribution in [0.15, 0.2) is 12.3 Å². The highest BCUT2D eigenvalue weighted by molar-refractivity contribution is 5.35. The molecule has 1 aromatic heterocycles. The third-order valence-corrected chi connectivity index (χ3v) is 3.34. The van der Waals surface area contributed by atoms with Crippen LogP contribution in [0.1, 0.15) is 70.7 Å². The van der Waals surface area contributed by atoms with Gasteiger partial charge in [-0.2, -0.15) is 5.26 Å². The predicted octanol–water partition coefficient (Wildman–Crippen LogP) is 4.69. The van der Waals surface area contributed by atoms with E-state index in [-0.39, 0.29) is 0 Å². The first-order valence-electron chi connectivity index (χ1n) is 8.22. The molecule has 0 aliphatic carbocycles. The lowest BCUT2D eigenvalue weighted by Crippen LogP contribution is -2.26. The lowest BCUT2D eigenvalue weighted by molar-refractivity contribution is 0.260.